The van der Waals surface area contributed by atoms with Gasteiger partial charge in [-0.15, -0.1) is 0 Å². The molecule has 0 aromatic rings. The van der Waals surface area contributed by atoms with Gasteiger partial charge in [-0.25, -0.2) is 0 Å². The van der Waals surface area contributed by atoms with E-state index in [9.17, 15) is 4.79 Å². The van der Waals surface area contributed by atoms with Crippen LogP contribution in [0.3, 0.4) is 0 Å². The molecule has 4 heteroatoms. The van der Waals surface area contributed by atoms with Crippen molar-refractivity contribution >= 4 is 5.91 Å². The first-order valence-electron chi connectivity index (χ1n) is 5.88. The third-order valence-electron chi connectivity index (χ3n) is 3.01. The molecule has 0 spiro atoms. The van der Waals surface area contributed by atoms with Crippen molar-refractivity contribution in [3.8, 4) is 0 Å². The minimum atomic E-state index is -0.0351. The molecule has 1 N–H and O–H groups in total. The molecule has 0 aromatic carbocycles. The zero-order chi connectivity index (χ0) is 12.1. The van der Waals surface area contributed by atoms with Gasteiger partial charge in [0.1, 0.15) is 6.04 Å². The minimum absolute atomic E-state index is 0.0351. The maximum absolute atomic E-state index is 12.0. The van der Waals surface area contributed by atoms with Crippen molar-refractivity contribution in [3.63, 3.8) is 0 Å². The number of amides is 1. The fourth-order valence-electron chi connectivity index (χ4n) is 1.88. The van der Waals surface area contributed by atoms with Crippen LogP contribution in [0.25, 0.3) is 0 Å². The molecule has 1 amide bonds. The second kappa shape index (κ2) is 6.01. The molecule has 1 heterocycles. The highest BCUT2D eigenvalue weighted by Crippen LogP contribution is 2.09. The molecular weight excluding hydrogens is 202 g/mol. The number of likely N-dealkylation sites (N-methyl/N-ethyl adjacent to an activating group) is 1. The number of carbonyl (C=O) groups excluding carboxylic acids is 1. The van der Waals surface area contributed by atoms with Crippen LogP contribution in [0.5, 0.6) is 0 Å². The molecule has 0 radical (unpaired) electrons. The first-order valence-corrected chi connectivity index (χ1v) is 5.88. The fourth-order valence-corrected chi connectivity index (χ4v) is 1.88. The number of carbonyl (C=O) groups is 1. The van der Waals surface area contributed by atoms with Crippen molar-refractivity contribution in [3.05, 3.63) is 12.2 Å². The monoisotopic (exact) mass is 225 g/mol. The Hall–Kier alpha value is -0.870. The summed E-state index contributed by atoms with van der Waals surface area (Å²) < 4.78 is 0. The van der Waals surface area contributed by atoms with Crippen LogP contribution in [-0.2, 0) is 4.79 Å². The summed E-state index contributed by atoms with van der Waals surface area (Å²) in [5, 5.41) is 3.27. The van der Waals surface area contributed by atoms with Crippen molar-refractivity contribution in [1.29, 1.82) is 0 Å². The molecule has 0 saturated carbocycles. The van der Waals surface area contributed by atoms with E-state index in [1.807, 2.05) is 14.1 Å². The highest BCUT2D eigenvalue weighted by Gasteiger charge is 2.29. The van der Waals surface area contributed by atoms with Gasteiger partial charge in [0.25, 0.3) is 0 Å². The number of nitrogens with zero attached hydrogens (tertiary/aromatic N) is 2. The lowest BCUT2D eigenvalue weighted by Gasteiger charge is -2.36. The van der Waals surface area contributed by atoms with Crippen molar-refractivity contribution in [2.24, 2.45) is 0 Å². The van der Waals surface area contributed by atoms with Crippen LogP contribution in [0.1, 0.15) is 13.3 Å². The molecule has 1 atom stereocenters. The van der Waals surface area contributed by atoms with Gasteiger partial charge in [-0.2, -0.15) is 0 Å². The third kappa shape index (κ3) is 3.32. The highest BCUT2D eigenvalue weighted by atomic mass is 16.2. The molecule has 1 unspecified atom stereocenters. The van der Waals surface area contributed by atoms with E-state index in [0.29, 0.717) is 0 Å². The van der Waals surface area contributed by atoms with Gasteiger partial charge < -0.3 is 10.2 Å². The zero-order valence-corrected chi connectivity index (χ0v) is 10.6. The SMILES string of the molecule is C=C(CC)CN1CCNCC1C(=O)N(C)C. The van der Waals surface area contributed by atoms with Crippen LogP contribution >= 0.6 is 0 Å². The fraction of sp³-hybridized carbons (Fsp3) is 0.750. The van der Waals surface area contributed by atoms with E-state index in [-0.39, 0.29) is 11.9 Å². The molecular formula is C12H23N3O. The lowest BCUT2D eigenvalue weighted by atomic mass is 10.1. The number of piperazine rings is 1. The number of rotatable bonds is 4. The average molecular weight is 225 g/mol. The van der Waals surface area contributed by atoms with Gasteiger partial charge >= 0.3 is 0 Å². The Bertz CT molecular complexity index is 263. The Kier molecular flexibility index (Phi) is 4.96. The smallest absolute Gasteiger partial charge is 0.240 e. The minimum Gasteiger partial charge on any atom is -0.347 e. The van der Waals surface area contributed by atoms with Gasteiger partial charge in [-0.05, 0) is 6.42 Å². The van der Waals surface area contributed by atoms with Crippen LogP contribution in [0.4, 0.5) is 0 Å². The number of hydrogen-bond acceptors (Lipinski definition) is 3. The van der Waals surface area contributed by atoms with Crippen LogP contribution in [0, 0.1) is 0 Å². The van der Waals surface area contributed by atoms with Crippen LogP contribution in [0.15, 0.2) is 12.2 Å². The molecule has 1 rings (SSSR count). The third-order valence-corrected chi connectivity index (χ3v) is 3.01. The first kappa shape index (κ1) is 13.2. The van der Waals surface area contributed by atoms with E-state index >= 15 is 0 Å². The Balaban J connectivity index is 2.63. The molecule has 0 aliphatic carbocycles. The maximum Gasteiger partial charge on any atom is 0.240 e. The number of nitrogens with one attached hydrogen (secondary N) is 1. The van der Waals surface area contributed by atoms with Gasteiger partial charge in [-0.1, -0.05) is 19.1 Å². The van der Waals surface area contributed by atoms with Crippen molar-refractivity contribution in [2.75, 3.05) is 40.3 Å². The second-order valence-corrected chi connectivity index (χ2v) is 4.53. The summed E-state index contributed by atoms with van der Waals surface area (Å²) in [6.07, 6.45) is 0.979. The Morgan fingerprint density at radius 2 is 2.25 bits per heavy atom. The standard InChI is InChI=1S/C12H23N3O/c1-5-10(2)9-15-7-6-13-8-11(15)12(16)14(3)4/h11,13H,2,5-9H2,1,3-4H3. The summed E-state index contributed by atoms with van der Waals surface area (Å²) >= 11 is 0. The van der Waals surface area contributed by atoms with Crippen molar-refractivity contribution in [1.82, 2.24) is 15.1 Å². The van der Waals surface area contributed by atoms with Crippen LogP contribution < -0.4 is 5.32 Å². The summed E-state index contributed by atoms with van der Waals surface area (Å²) in [7, 11) is 3.62. The summed E-state index contributed by atoms with van der Waals surface area (Å²) in [5.41, 5.74) is 1.19. The largest absolute Gasteiger partial charge is 0.347 e. The van der Waals surface area contributed by atoms with E-state index in [4.69, 9.17) is 0 Å². The summed E-state index contributed by atoms with van der Waals surface area (Å²) in [6, 6.07) is -0.0351. The van der Waals surface area contributed by atoms with Crippen LogP contribution in [0.2, 0.25) is 0 Å². The van der Waals surface area contributed by atoms with E-state index in [1.165, 1.54) is 5.57 Å². The quantitative estimate of drug-likeness (QED) is 0.700. The Labute approximate surface area is 98.3 Å². The van der Waals surface area contributed by atoms with Gasteiger partial charge in [0.15, 0.2) is 0 Å². The van der Waals surface area contributed by atoms with Gasteiger partial charge in [0.05, 0.1) is 0 Å². The lowest BCUT2D eigenvalue weighted by molar-refractivity contribution is -0.134. The summed E-state index contributed by atoms with van der Waals surface area (Å²) in [6.45, 7) is 9.58. The lowest BCUT2D eigenvalue weighted by Crippen LogP contribution is -2.57. The van der Waals surface area contributed by atoms with E-state index in [0.717, 1.165) is 32.6 Å². The van der Waals surface area contributed by atoms with Gasteiger partial charge in [-0.3, -0.25) is 9.69 Å². The van der Waals surface area contributed by atoms with E-state index in [2.05, 4.69) is 23.7 Å². The predicted molar refractivity (Wildman–Crippen MR) is 66.4 cm³/mol. The van der Waals surface area contributed by atoms with Crippen molar-refractivity contribution in [2.45, 2.75) is 19.4 Å². The van der Waals surface area contributed by atoms with Gasteiger partial charge in [0.2, 0.25) is 5.91 Å². The molecule has 16 heavy (non-hydrogen) atoms. The molecule has 1 aliphatic rings. The summed E-state index contributed by atoms with van der Waals surface area (Å²) in [4.78, 5) is 15.9. The average Bonchev–Trinajstić information content (AvgIpc) is 2.28. The maximum atomic E-state index is 12.0. The molecule has 92 valence electrons. The van der Waals surface area contributed by atoms with E-state index in [1.54, 1.807) is 4.90 Å². The predicted octanol–water partition coefficient (Wildman–Crippen LogP) is 0.315. The van der Waals surface area contributed by atoms with E-state index < -0.39 is 0 Å². The molecule has 1 saturated heterocycles. The summed E-state index contributed by atoms with van der Waals surface area (Å²) in [5.74, 6) is 0.177. The van der Waals surface area contributed by atoms with Gasteiger partial charge in [0, 0.05) is 40.3 Å². The zero-order valence-electron chi connectivity index (χ0n) is 10.6. The Morgan fingerprint density at radius 1 is 1.56 bits per heavy atom. The van der Waals surface area contributed by atoms with Crippen molar-refractivity contribution < 1.29 is 4.79 Å². The molecule has 1 aliphatic heterocycles. The molecule has 0 aromatic heterocycles. The molecule has 4 nitrogen and oxygen atoms in total. The van der Waals surface area contributed by atoms with Crippen LogP contribution in [-0.4, -0.2) is 62.0 Å². The second-order valence-electron chi connectivity index (χ2n) is 4.53. The normalized spacial score (nSPS) is 21.8. The number of hydrogen-bond donors (Lipinski definition) is 1. The molecule has 1 fully saturated rings. The first-order chi connectivity index (χ1) is 7.56. The Morgan fingerprint density at radius 3 is 2.81 bits per heavy atom. The topological polar surface area (TPSA) is 35.6 Å². The highest BCUT2D eigenvalue weighted by molar-refractivity contribution is 5.81. The molecule has 0 bridgehead atoms.